The third kappa shape index (κ3) is 3.06. The second kappa shape index (κ2) is 5.86. The maximum Gasteiger partial charge on any atom is 0.354 e. The molecule has 7 heteroatoms. The Labute approximate surface area is 91.8 Å². The van der Waals surface area contributed by atoms with Crippen molar-refractivity contribution < 1.29 is 19.4 Å². The van der Waals surface area contributed by atoms with Crippen molar-refractivity contribution in [2.75, 3.05) is 20.3 Å². The SMILES string of the molecule is COCCCNC(=O)c1nc[nH]c1C(=O)O. The van der Waals surface area contributed by atoms with E-state index in [4.69, 9.17) is 9.84 Å². The minimum atomic E-state index is -1.21. The number of nitrogens with one attached hydrogen (secondary N) is 2. The predicted molar refractivity (Wildman–Crippen MR) is 54.4 cm³/mol. The molecule has 0 saturated heterocycles. The molecule has 0 aliphatic heterocycles. The molecular weight excluding hydrogens is 214 g/mol. The molecule has 0 aliphatic rings. The van der Waals surface area contributed by atoms with Crippen LogP contribution in [0.15, 0.2) is 6.33 Å². The van der Waals surface area contributed by atoms with Crippen molar-refractivity contribution in [2.24, 2.45) is 0 Å². The fourth-order valence-corrected chi connectivity index (χ4v) is 1.13. The molecule has 1 amide bonds. The van der Waals surface area contributed by atoms with Crippen molar-refractivity contribution in [2.45, 2.75) is 6.42 Å². The number of carboxylic acid groups (broad SMARTS) is 1. The second-order valence-corrected chi connectivity index (χ2v) is 3.03. The van der Waals surface area contributed by atoms with Crippen LogP contribution >= 0.6 is 0 Å². The number of carbonyl (C=O) groups is 2. The van der Waals surface area contributed by atoms with Gasteiger partial charge in [-0.15, -0.1) is 0 Å². The molecule has 3 N–H and O–H groups in total. The van der Waals surface area contributed by atoms with Gasteiger partial charge in [0, 0.05) is 20.3 Å². The highest BCUT2D eigenvalue weighted by atomic mass is 16.5. The Morgan fingerprint density at radius 1 is 1.62 bits per heavy atom. The second-order valence-electron chi connectivity index (χ2n) is 3.03. The number of amides is 1. The Morgan fingerprint density at radius 2 is 2.38 bits per heavy atom. The molecule has 0 fully saturated rings. The van der Waals surface area contributed by atoms with Crippen LogP contribution in [-0.4, -0.2) is 47.2 Å². The van der Waals surface area contributed by atoms with E-state index in [9.17, 15) is 9.59 Å². The number of carboxylic acids is 1. The van der Waals surface area contributed by atoms with E-state index in [2.05, 4.69) is 15.3 Å². The van der Waals surface area contributed by atoms with Gasteiger partial charge in [0.2, 0.25) is 0 Å². The van der Waals surface area contributed by atoms with Gasteiger partial charge in [-0.05, 0) is 6.42 Å². The first kappa shape index (κ1) is 12.2. The van der Waals surface area contributed by atoms with Gasteiger partial charge in [0.1, 0.15) is 0 Å². The number of nitrogens with zero attached hydrogens (tertiary/aromatic N) is 1. The first-order chi connectivity index (χ1) is 7.66. The molecule has 0 bridgehead atoms. The number of aromatic amines is 1. The smallest absolute Gasteiger partial charge is 0.354 e. The molecule has 0 radical (unpaired) electrons. The summed E-state index contributed by atoms with van der Waals surface area (Å²) >= 11 is 0. The lowest BCUT2D eigenvalue weighted by Gasteiger charge is -2.03. The summed E-state index contributed by atoms with van der Waals surface area (Å²) in [6.45, 7) is 0.950. The fourth-order valence-electron chi connectivity index (χ4n) is 1.13. The Hall–Kier alpha value is -1.89. The summed E-state index contributed by atoms with van der Waals surface area (Å²) < 4.78 is 4.81. The minimum absolute atomic E-state index is 0.107. The molecule has 0 atom stereocenters. The third-order valence-electron chi connectivity index (χ3n) is 1.88. The number of rotatable bonds is 6. The Kier molecular flexibility index (Phi) is 4.46. The summed E-state index contributed by atoms with van der Waals surface area (Å²) in [6.07, 6.45) is 1.84. The maximum atomic E-state index is 11.5. The molecule has 0 aromatic carbocycles. The number of H-pyrrole nitrogens is 1. The summed E-state index contributed by atoms with van der Waals surface area (Å²) in [5.74, 6) is -1.71. The monoisotopic (exact) mass is 227 g/mol. The van der Waals surface area contributed by atoms with E-state index in [1.807, 2.05) is 0 Å². The van der Waals surface area contributed by atoms with Gasteiger partial charge in [-0.2, -0.15) is 0 Å². The highest BCUT2D eigenvalue weighted by Gasteiger charge is 2.18. The maximum absolute atomic E-state index is 11.5. The highest BCUT2D eigenvalue weighted by Crippen LogP contribution is 2.02. The predicted octanol–water partition coefficient (Wildman–Crippen LogP) is -0.126. The normalized spacial score (nSPS) is 10.1. The van der Waals surface area contributed by atoms with Gasteiger partial charge >= 0.3 is 5.97 Å². The van der Waals surface area contributed by atoms with Gasteiger partial charge in [0.25, 0.3) is 5.91 Å². The van der Waals surface area contributed by atoms with Gasteiger partial charge in [-0.25, -0.2) is 9.78 Å². The summed E-state index contributed by atoms with van der Waals surface area (Å²) in [5, 5.41) is 11.3. The molecule has 1 aromatic heterocycles. The number of carbonyl (C=O) groups excluding carboxylic acids is 1. The van der Waals surface area contributed by atoms with E-state index in [-0.39, 0.29) is 11.4 Å². The molecule has 16 heavy (non-hydrogen) atoms. The lowest BCUT2D eigenvalue weighted by Crippen LogP contribution is -2.27. The number of aromatic carboxylic acids is 1. The number of imidazole rings is 1. The van der Waals surface area contributed by atoms with Crippen LogP contribution in [0.3, 0.4) is 0 Å². The van der Waals surface area contributed by atoms with Gasteiger partial charge in [0.05, 0.1) is 6.33 Å². The molecule has 0 unspecified atom stereocenters. The van der Waals surface area contributed by atoms with Crippen LogP contribution in [0.2, 0.25) is 0 Å². The van der Waals surface area contributed by atoms with E-state index in [1.165, 1.54) is 6.33 Å². The molecule has 1 aromatic rings. The van der Waals surface area contributed by atoms with Crippen molar-refractivity contribution in [3.63, 3.8) is 0 Å². The minimum Gasteiger partial charge on any atom is -0.477 e. The van der Waals surface area contributed by atoms with Crippen LogP contribution in [0.5, 0.6) is 0 Å². The quantitative estimate of drug-likeness (QED) is 0.587. The van der Waals surface area contributed by atoms with Crippen LogP contribution in [0.1, 0.15) is 27.4 Å². The van der Waals surface area contributed by atoms with Crippen LogP contribution in [0.4, 0.5) is 0 Å². The number of hydrogen-bond donors (Lipinski definition) is 3. The van der Waals surface area contributed by atoms with Gasteiger partial charge in [-0.3, -0.25) is 4.79 Å². The standard InChI is InChI=1S/C9H13N3O4/c1-16-4-2-3-10-8(13)6-7(9(14)15)12-5-11-6/h5H,2-4H2,1H3,(H,10,13)(H,11,12)(H,14,15). The Morgan fingerprint density at radius 3 is 3.00 bits per heavy atom. The summed E-state index contributed by atoms with van der Waals surface area (Å²) in [4.78, 5) is 28.2. The van der Waals surface area contributed by atoms with E-state index >= 15 is 0 Å². The summed E-state index contributed by atoms with van der Waals surface area (Å²) in [5.41, 5.74) is -0.311. The lowest BCUT2D eigenvalue weighted by molar-refractivity contribution is 0.0685. The zero-order chi connectivity index (χ0) is 12.0. The number of ether oxygens (including phenoxy) is 1. The number of aromatic nitrogens is 2. The molecular formula is C9H13N3O4. The van der Waals surface area contributed by atoms with Crippen molar-refractivity contribution in [3.05, 3.63) is 17.7 Å². The van der Waals surface area contributed by atoms with Gasteiger partial charge in [0.15, 0.2) is 11.4 Å². The van der Waals surface area contributed by atoms with Crippen LogP contribution < -0.4 is 5.32 Å². The van der Waals surface area contributed by atoms with E-state index < -0.39 is 11.9 Å². The average Bonchev–Trinajstić information content (AvgIpc) is 2.73. The molecule has 1 heterocycles. The van der Waals surface area contributed by atoms with Gasteiger partial charge in [-0.1, -0.05) is 0 Å². The van der Waals surface area contributed by atoms with E-state index in [0.717, 1.165) is 0 Å². The van der Waals surface area contributed by atoms with Crippen LogP contribution in [0.25, 0.3) is 0 Å². The molecule has 7 nitrogen and oxygen atoms in total. The average molecular weight is 227 g/mol. The zero-order valence-corrected chi connectivity index (χ0v) is 8.82. The molecule has 0 aliphatic carbocycles. The van der Waals surface area contributed by atoms with E-state index in [1.54, 1.807) is 7.11 Å². The number of hydrogen-bond acceptors (Lipinski definition) is 4. The van der Waals surface area contributed by atoms with E-state index in [0.29, 0.717) is 19.6 Å². The highest BCUT2D eigenvalue weighted by molar-refractivity contribution is 6.02. The number of methoxy groups -OCH3 is 1. The van der Waals surface area contributed by atoms with Crippen molar-refractivity contribution in [1.82, 2.24) is 15.3 Å². The Bertz CT molecular complexity index is 375. The topological polar surface area (TPSA) is 104 Å². The zero-order valence-electron chi connectivity index (χ0n) is 8.82. The lowest BCUT2D eigenvalue weighted by atomic mass is 10.3. The fraction of sp³-hybridized carbons (Fsp3) is 0.444. The molecule has 0 spiro atoms. The van der Waals surface area contributed by atoms with Gasteiger partial charge < -0.3 is 20.1 Å². The third-order valence-corrected chi connectivity index (χ3v) is 1.88. The van der Waals surface area contributed by atoms with Crippen LogP contribution in [-0.2, 0) is 4.74 Å². The molecule has 88 valence electrons. The van der Waals surface area contributed by atoms with Crippen molar-refractivity contribution >= 4 is 11.9 Å². The van der Waals surface area contributed by atoms with Crippen LogP contribution in [0, 0.1) is 0 Å². The summed E-state index contributed by atoms with van der Waals surface area (Å²) in [6, 6.07) is 0. The molecule has 0 saturated carbocycles. The Balaban J connectivity index is 2.53. The van der Waals surface area contributed by atoms with Crippen molar-refractivity contribution in [1.29, 1.82) is 0 Å². The molecule has 1 rings (SSSR count). The summed E-state index contributed by atoms with van der Waals surface area (Å²) in [7, 11) is 1.57. The van der Waals surface area contributed by atoms with Crippen molar-refractivity contribution in [3.8, 4) is 0 Å². The largest absolute Gasteiger partial charge is 0.477 e. The first-order valence-electron chi connectivity index (χ1n) is 4.70. The first-order valence-corrected chi connectivity index (χ1v) is 4.70.